The van der Waals surface area contributed by atoms with Gasteiger partial charge >= 0.3 is 0 Å². The predicted octanol–water partition coefficient (Wildman–Crippen LogP) is 6.30. The molecule has 2 N–H and O–H groups in total. The first-order valence-corrected chi connectivity index (χ1v) is 19.3. The normalized spacial score (nSPS) is 28.8. The molecule has 11 atom stereocenters. The molecular weight excluding hydrogens is 691 g/mol. The van der Waals surface area contributed by atoms with E-state index in [1.165, 1.54) is 0 Å². The van der Waals surface area contributed by atoms with Crippen LogP contribution in [0.3, 0.4) is 0 Å². The Kier molecular flexibility index (Phi) is 15.4. The van der Waals surface area contributed by atoms with Gasteiger partial charge in [0.2, 0.25) is 0 Å². The topological polar surface area (TPSA) is 105 Å². The van der Waals surface area contributed by atoms with E-state index in [4.69, 9.17) is 33.2 Å². The van der Waals surface area contributed by atoms with Crippen LogP contribution in [-0.4, -0.2) is 78.8 Å². The molecule has 1 saturated heterocycles. The molecule has 2 fully saturated rings. The number of hydrogen-bond acceptors (Lipinski definition) is 9. The molecule has 1 aliphatic carbocycles. The van der Waals surface area contributed by atoms with Crippen molar-refractivity contribution in [2.45, 2.75) is 88.8 Å². The van der Waals surface area contributed by atoms with Gasteiger partial charge in [0, 0.05) is 11.8 Å². The highest BCUT2D eigenvalue weighted by Crippen LogP contribution is 2.37. The summed E-state index contributed by atoms with van der Waals surface area (Å²) in [5, 5.41) is 23.1. The molecule has 4 aromatic carbocycles. The van der Waals surface area contributed by atoms with Crippen molar-refractivity contribution in [3.63, 3.8) is 0 Å². The molecule has 1 aliphatic heterocycles. The van der Waals surface area contributed by atoms with Crippen LogP contribution in [0.5, 0.6) is 0 Å². The molecule has 284 valence electrons. The Balaban J connectivity index is 1.24. The molecule has 0 bridgehead atoms. The number of ether oxygens (including phenoxy) is 7. The summed E-state index contributed by atoms with van der Waals surface area (Å²) in [6, 6.07) is 39.7. The van der Waals surface area contributed by atoms with Gasteiger partial charge in [0.05, 0.1) is 64.3 Å². The van der Waals surface area contributed by atoms with Crippen molar-refractivity contribution in [2.75, 3.05) is 19.6 Å². The molecule has 53 heavy (non-hydrogen) atoms. The summed E-state index contributed by atoms with van der Waals surface area (Å²) >= 11 is 0. The molecule has 0 aromatic heterocycles. The fraction of sp³-hybridized carbons (Fsp3) is 0.442. The summed E-state index contributed by atoms with van der Waals surface area (Å²) in [6.45, 7) is 3.98. The van der Waals surface area contributed by atoms with Crippen LogP contribution in [0.25, 0.3) is 0 Å². The third-order valence-electron chi connectivity index (χ3n) is 10.1. The van der Waals surface area contributed by atoms with Crippen LogP contribution in [0.4, 0.5) is 0 Å². The third kappa shape index (κ3) is 11.2. The maximum atomic E-state index is 11.7. The van der Waals surface area contributed by atoms with E-state index < -0.39 is 54.9 Å². The van der Waals surface area contributed by atoms with E-state index in [0.29, 0.717) is 32.6 Å². The standard InChI is InChI=1S/C43H53O9P/c1-30-40(37(28-47-24-32-16-8-3-9-17-32)52-43(50-29-53)41(30)48-25-33-18-10-4-11-19-33)51-36-22-35(27-46-23-31-14-6-2-7-15-31)38(44)39(45)42(36)49-26-34-20-12-5-13-21-34/h2-21,30,35-45H,22-29,53H2,1H3/t30?,35?,36-,37-,38+,39+,40+,41?,42?,43+/m1/s1. The summed E-state index contributed by atoms with van der Waals surface area (Å²) in [7, 11) is 2.60. The van der Waals surface area contributed by atoms with Crippen molar-refractivity contribution in [2.24, 2.45) is 11.8 Å². The van der Waals surface area contributed by atoms with Crippen LogP contribution in [0.1, 0.15) is 35.6 Å². The number of aliphatic hydroxyl groups is 2. The van der Waals surface area contributed by atoms with Crippen molar-refractivity contribution in [3.8, 4) is 0 Å². The SMILES string of the molecule is CC1C(OCc2ccccc2)[C@@H](OCP)O[C@H](COCc2ccccc2)[C@H]1O[C@@H]1CC(COCc2ccccc2)[C@H](O)[C@H](O)C1OCc1ccccc1. The average molecular weight is 745 g/mol. The van der Waals surface area contributed by atoms with Gasteiger partial charge in [-0.3, -0.25) is 0 Å². The summed E-state index contributed by atoms with van der Waals surface area (Å²) in [5.41, 5.74) is 4.07. The highest BCUT2D eigenvalue weighted by Gasteiger charge is 2.51. The zero-order valence-electron chi connectivity index (χ0n) is 30.3. The number of rotatable bonds is 18. The lowest BCUT2D eigenvalue weighted by Crippen LogP contribution is -2.61. The number of benzene rings is 4. The van der Waals surface area contributed by atoms with Gasteiger partial charge < -0.3 is 43.4 Å². The van der Waals surface area contributed by atoms with E-state index in [1.54, 1.807) is 0 Å². The van der Waals surface area contributed by atoms with Gasteiger partial charge in [-0.1, -0.05) is 128 Å². The minimum absolute atomic E-state index is 0.217. The van der Waals surface area contributed by atoms with Gasteiger partial charge in [-0.2, -0.15) is 0 Å². The lowest BCUT2D eigenvalue weighted by Gasteiger charge is -2.49. The van der Waals surface area contributed by atoms with Gasteiger partial charge in [0.1, 0.15) is 24.4 Å². The first kappa shape index (κ1) is 39.6. The van der Waals surface area contributed by atoms with Crippen LogP contribution in [-0.2, 0) is 59.6 Å². The van der Waals surface area contributed by atoms with Gasteiger partial charge in [0.15, 0.2) is 6.29 Å². The van der Waals surface area contributed by atoms with Crippen LogP contribution in [0.15, 0.2) is 121 Å². The molecule has 5 unspecified atom stereocenters. The van der Waals surface area contributed by atoms with E-state index in [1.807, 2.05) is 121 Å². The second-order valence-electron chi connectivity index (χ2n) is 13.9. The Morgan fingerprint density at radius 1 is 0.585 bits per heavy atom. The van der Waals surface area contributed by atoms with Gasteiger partial charge in [-0.25, -0.2) is 0 Å². The quantitative estimate of drug-likeness (QED) is 0.114. The predicted molar refractivity (Wildman–Crippen MR) is 205 cm³/mol. The molecular formula is C43H53O9P. The van der Waals surface area contributed by atoms with E-state index in [2.05, 4.69) is 16.2 Å². The first-order chi connectivity index (χ1) is 26.0. The molecule has 0 amide bonds. The molecule has 1 heterocycles. The summed E-state index contributed by atoms with van der Waals surface area (Å²) in [4.78, 5) is 0. The zero-order valence-corrected chi connectivity index (χ0v) is 31.5. The molecule has 0 radical (unpaired) electrons. The minimum Gasteiger partial charge on any atom is -0.390 e. The Bertz CT molecular complexity index is 1580. The molecule has 1 saturated carbocycles. The Morgan fingerprint density at radius 2 is 1.06 bits per heavy atom. The molecule has 0 spiro atoms. The van der Waals surface area contributed by atoms with Crippen LogP contribution in [0.2, 0.25) is 0 Å². The molecule has 10 heteroatoms. The van der Waals surface area contributed by atoms with Crippen molar-refractivity contribution < 1.29 is 43.4 Å². The Labute approximate surface area is 315 Å². The maximum absolute atomic E-state index is 11.7. The highest BCUT2D eigenvalue weighted by molar-refractivity contribution is 7.16. The van der Waals surface area contributed by atoms with E-state index in [0.717, 1.165) is 22.3 Å². The average Bonchev–Trinajstić information content (AvgIpc) is 3.19. The monoisotopic (exact) mass is 744 g/mol. The maximum Gasteiger partial charge on any atom is 0.185 e. The Hall–Kier alpha value is -3.05. The molecule has 4 aromatic rings. The van der Waals surface area contributed by atoms with E-state index in [-0.39, 0.29) is 25.7 Å². The van der Waals surface area contributed by atoms with Crippen molar-refractivity contribution in [1.82, 2.24) is 0 Å². The van der Waals surface area contributed by atoms with Crippen LogP contribution >= 0.6 is 9.24 Å². The summed E-state index contributed by atoms with van der Waals surface area (Å²) in [5.74, 6) is -0.618. The van der Waals surface area contributed by atoms with E-state index in [9.17, 15) is 10.2 Å². The van der Waals surface area contributed by atoms with Crippen LogP contribution < -0.4 is 0 Å². The smallest absolute Gasteiger partial charge is 0.185 e. The minimum atomic E-state index is -1.21. The fourth-order valence-electron chi connectivity index (χ4n) is 7.18. The third-order valence-corrected chi connectivity index (χ3v) is 10.2. The van der Waals surface area contributed by atoms with Crippen molar-refractivity contribution in [3.05, 3.63) is 144 Å². The zero-order chi connectivity index (χ0) is 36.8. The van der Waals surface area contributed by atoms with Crippen molar-refractivity contribution in [1.29, 1.82) is 0 Å². The summed E-state index contributed by atoms with van der Waals surface area (Å²) in [6.07, 6.45) is -5.16. The fourth-order valence-corrected chi connectivity index (χ4v) is 7.37. The number of aliphatic hydroxyl groups excluding tert-OH is 2. The highest BCUT2D eigenvalue weighted by atomic mass is 31.0. The largest absolute Gasteiger partial charge is 0.390 e. The van der Waals surface area contributed by atoms with Crippen LogP contribution in [0, 0.1) is 11.8 Å². The van der Waals surface area contributed by atoms with Gasteiger partial charge in [-0.05, 0) is 28.7 Å². The molecule has 2 aliphatic rings. The second-order valence-corrected chi connectivity index (χ2v) is 14.2. The van der Waals surface area contributed by atoms with E-state index >= 15 is 0 Å². The van der Waals surface area contributed by atoms with Gasteiger partial charge in [0.25, 0.3) is 0 Å². The van der Waals surface area contributed by atoms with Crippen molar-refractivity contribution >= 4 is 9.24 Å². The molecule has 6 rings (SSSR count). The Morgan fingerprint density at radius 3 is 1.57 bits per heavy atom. The lowest BCUT2D eigenvalue weighted by atomic mass is 9.80. The molecule has 9 nitrogen and oxygen atoms in total. The number of hydrogen-bond donors (Lipinski definition) is 2. The van der Waals surface area contributed by atoms with Gasteiger partial charge in [-0.15, -0.1) is 9.24 Å². The lowest BCUT2D eigenvalue weighted by molar-refractivity contribution is -0.317. The first-order valence-electron chi connectivity index (χ1n) is 18.5. The summed E-state index contributed by atoms with van der Waals surface area (Å²) < 4.78 is 45.2. The second kappa shape index (κ2) is 20.6.